The summed E-state index contributed by atoms with van der Waals surface area (Å²) in [5, 5.41) is 36.2. The Bertz CT molecular complexity index is 126. The van der Waals surface area contributed by atoms with Gasteiger partial charge in [0, 0.05) is 12.5 Å². The van der Waals surface area contributed by atoms with Gasteiger partial charge in [-0.2, -0.15) is 0 Å². The summed E-state index contributed by atoms with van der Waals surface area (Å²) < 4.78 is 0. The molecule has 1 saturated carbocycles. The Kier molecular flexibility index (Phi) is 2.84. The molecule has 0 heterocycles. The van der Waals surface area contributed by atoms with Crippen LogP contribution < -0.4 is 0 Å². The van der Waals surface area contributed by atoms with Crippen molar-refractivity contribution in [2.24, 2.45) is 5.92 Å². The van der Waals surface area contributed by atoms with Crippen molar-refractivity contribution in [1.29, 1.82) is 0 Å². The van der Waals surface area contributed by atoms with Crippen molar-refractivity contribution in [3.63, 3.8) is 0 Å². The third kappa shape index (κ3) is 1.70. The molecular formula is C7H14O4. The predicted molar refractivity (Wildman–Crippen MR) is 37.8 cm³/mol. The molecule has 0 aliphatic heterocycles. The van der Waals surface area contributed by atoms with Crippen LogP contribution in [0.2, 0.25) is 0 Å². The summed E-state index contributed by atoms with van der Waals surface area (Å²) in [5.74, 6) is -0.284. The number of aliphatic hydroxyl groups is 4. The minimum absolute atomic E-state index is 0.134. The smallest absolute Gasteiger partial charge is 0.106 e. The van der Waals surface area contributed by atoms with E-state index in [1.165, 1.54) is 0 Å². The summed E-state index contributed by atoms with van der Waals surface area (Å²) >= 11 is 0. The summed E-state index contributed by atoms with van der Waals surface area (Å²) in [7, 11) is 0. The zero-order valence-corrected chi connectivity index (χ0v) is 6.22. The lowest BCUT2D eigenvalue weighted by atomic mass is 9.83. The summed E-state index contributed by atoms with van der Waals surface area (Å²) in [6.07, 6.45) is -1.91. The quantitative estimate of drug-likeness (QED) is 0.377. The van der Waals surface area contributed by atoms with Gasteiger partial charge in [-0.3, -0.25) is 0 Å². The second-order valence-electron chi connectivity index (χ2n) is 3.07. The Morgan fingerprint density at radius 3 is 2.18 bits per heavy atom. The molecule has 4 heteroatoms. The molecule has 0 aromatic rings. The molecule has 11 heavy (non-hydrogen) atoms. The summed E-state index contributed by atoms with van der Waals surface area (Å²) in [6, 6.07) is 0. The zero-order chi connectivity index (χ0) is 8.43. The van der Waals surface area contributed by atoms with Crippen LogP contribution in [0.15, 0.2) is 0 Å². The van der Waals surface area contributed by atoms with E-state index in [0.717, 1.165) is 0 Å². The van der Waals surface area contributed by atoms with E-state index in [2.05, 4.69) is 0 Å². The minimum atomic E-state index is -1.10. The second-order valence-corrected chi connectivity index (χ2v) is 3.07. The molecule has 0 aromatic carbocycles. The third-order valence-electron chi connectivity index (χ3n) is 2.29. The van der Waals surface area contributed by atoms with Gasteiger partial charge in [0.2, 0.25) is 0 Å². The van der Waals surface area contributed by atoms with E-state index < -0.39 is 18.3 Å². The van der Waals surface area contributed by atoms with Gasteiger partial charge >= 0.3 is 0 Å². The maximum absolute atomic E-state index is 9.24. The zero-order valence-electron chi connectivity index (χ0n) is 6.22. The molecule has 4 atom stereocenters. The topological polar surface area (TPSA) is 80.9 Å². The predicted octanol–water partition coefficient (Wildman–Crippen LogP) is -1.53. The molecular weight excluding hydrogens is 148 g/mol. The summed E-state index contributed by atoms with van der Waals surface area (Å²) in [6.45, 7) is -0.134. The maximum atomic E-state index is 9.24. The normalized spacial score (nSPS) is 45.8. The Balaban J connectivity index is 2.52. The highest BCUT2D eigenvalue weighted by atomic mass is 16.4. The molecule has 1 aliphatic carbocycles. The molecule has 1 aliphatic rings. The lowest BCUT2D eigenvalue weighted by Crippen LogP contribution is -2.47. The number of hydrogen-bond acceptors (Lipinski definition) is 4. The first kappa shape index (κ1) is 8.93. The maximum Gasteiger partial charge on any atom is 0.106 e. The standard InChI is InChI=1S/C7H14O4/c8-3-4-1-2-5(9)7(11)6(4)10/h4-11H,1-3H2/t4-,5+,6+,7-/m1/s1. The van der Waals surface area contributed by atoms with Crippen LogP contribution in [0.1, 0.15) is 12.8 Å². The first-order valence-corrected chi connectivity index (χ1v) is 3.82. The number of rotatable bonds is 1. The van der Waals surface area contributed by atoms with Gasteiger partial charge in [0.05, 0.1) is 12.2 Å². The highest BCUT2D eigenvalue weighted by molar-refractivity contribution is 4.86. The molecule has 66 valence electrons. The van der Waals surface area contributed by atoms with Gasteiger partial charge < -0.3 is 20.4 Å². The van der Waals surface area contributed by atoms with Crippen LogP contribution in [0.25, 0.3) is 0 Å². The highest BCUT2D eigenvalue weighted by Crippen LogP contribution is 2.24. The van der Waals surface area contributed by atoms with E-state index in [1.54, 1.807) is 0 Å². The molecule has 0 aromatic heterocycles. The first-order chi connectivity index (χ1) is 5.16. The molecule has 1 fully saturated rings. The monoisotopic (exact) mass is 162 g/mol. The summed E-state index contributed by atoms with van der Waals surface area (Å²) in [4.78, 5) is 0. The fourth-order valence-corrected chi connectivity index (χ4v) is 1.43. The first-order valence-electron chi connectivity index (χ1n) is 3.82. The van der Waals surface area contributed by atoms with Crippen LogP contribution in [-0.2, 0) is 0 Å². The van der Waals surface area contributed by atoms with Gasteiger partial charge in [0.1, 0.15) is 6.10 Å². The van der Waals surface area contributed by atoms with Crippen LogP contribution in [0.4, 0.5) is 0 Å². The van der Waals surface area contributed by atoms with Crippen molar-refractivity contribution < 1.29 is 20.4 Å². The molecule has 0 bridgehead atoms. The lowest BCUT2D eigenvalue weighted by Gasteiger charge is -2.33. The number of aliphatic hydroxyl groups excluding tert-OH is 4. The minimum Gasteiger partial charge on any atom is -0.396 e. The van der Waals surface area contributed by atoms with E-state index in [0.29, 0.717) is 12.8 Å². The van der Waals surface area contributed by atoms with Crippen LogP contribution in [0.3, 0.4) is 0 Å². The van der Waals surface area contributed by atoms with Crippen LogP contribution >= 0.6 is 0 Å². The fraction of sp³-hybridized carbons (Fsp3) is 1.00. The fourth-order valence-electron chi connectivity index (χ4n) is 1.43. The van der Waals surface area contributed by atoms with Gasteiger partial charge in [0.15, 0.2) is 0 Å². The Morgan fingerprint density at radius 1 is 1.00 bits per heavy atom. The van der Waals surface area contributed by atoms with Crippen LogP contribution in [-0.4, -0.2) is 45.3 Å². The Hall–Kier alpha value is -0.160. The molecule has 0 unspecified atom stereocenters. The summed E-state index contributed by atoms with van der Waals surface area (Å²) in [5.41, 5.74) is 0. The number of hydrogen-bond donors (Lipinski definition) is 4. The van der Waals surface area contributed by atoms with E-state index in [9.17, 15) is 5.11 Å². The van der Waals surface area contributed by atoms with Crippen molar-refractivity contribution in [3.05, 3.63) is 0 Å². The SMILES string of the molecule is OC[C@H]1CC[C@H](O)[C@@H](O)[C@H]1O. The highest BCUT2D eigenvalue weighted by Gasteiger charge is 2.35. The van der Waals surface area contributed by atoms with Gasteiger partial charge in [-0.15, -0.1) is 0 Å². The van der Waals surface area contributed by atoms with Crippen molar-refractivity contribution in [3.8, 4) is 0 Å². The second kappa shape index (κ2) is 3.49. The molecule has 4 nitrogen and oxygen atoms in total. The van der Waals surface area contributed by atoms with Crippen molar-refractivity contribution >= 4 is 0 Å². The lowest BCUT2D eigenvalue weighted by molar-refractivity contribution is -0.118. The molecule has 1 rings (SSSR count). The van der Waals surface area contributed by atoms with Gasteiger partial charge in [-0.1, -0.05) is 0 Å². The molecule has 0 radical (unpaired) electrons. The average molecular weight is 162 g/mol. The Morgan fingerprint density at radius 2 is 1.64 bits per heavy atom. The third-order valence-corrected chi connectivity index (χ3v) is 2.29. The van der Waals surface area contributed by atoms with Crippen LogP contribution in [0, 0.1) is 5.92 Å². The van der Waals surface area contributed by atoms with E-state index in [4.69, 9.17) is 15.3 Å². The molecule has 0 amide bonds. The van der Waals surface area contributed by atoms with Crippen LogP contribution in [0.5, 0.6) is 0 Å². The van der Waals surface area contributed by atoms with E-state index in [-0.39, 0.29) is 12.5 Å². The largest absolute Gasteiger partial charge is 0.396 e. The van der Waals surface area contributed by atoms with E-state index in [1.807, 2.05) is 0 Å². The molecule has 4 N–H and O–H groups in total. The molecule has 0 saturated heterocycles. The van der Waals surface area contributed by atoms with Crippen molar-refractivity contribution in [2.75, 3.05) is 6.61 Å². The van der Waals surface area contributed by atoms with Crippen molar-refractivity contribution in [2.45, 2.75) is 31.2 Å². The molecule has 0 spiro atoms. The van der Waals surface area contributed by atoms with E-state index >= 15 is 0 Å². The van der Waals surface area contributed by atoms with Gasteiger partial charge in [-0.05, 0) is 12.8 Å². The Labute approximate surface area is 65.1 Å². The van der Waals surface area contributed by atoms with Crippen molar-refractivity contribution in [1.82, 2.24) is 0 Å². The average Bonchev–Trinajstić information content (AvgIpc) is 2.01. The van der Waals surface area contributed by atoms with Gasteiger partial charge in [0.25, 0.3) is 0 Å². The van der Waals surface area contributed by atoms with Gasteiger partial charge in [-0.25, -0.2) is 0 Å².